The van der Waals surface area contributed by atoms with E-state index in [1.165, 1.54) is 0 Å². The number of carbonyl (C=O) groups excluding carboxylic acids is 1. The number of piperidine rings is 1. The zero-order valence-electron chi connectivity index (χ0n) is 14.2. The van der Waals surface area contributed by atoms with Crippen LogP contribution in [0.1, 0.15) is 31.6 Å². The average Bonchev–Trinajstić information content (AvgIpc) is 3.32. The zero-order chi connectivity index (χ0) is 17.3. The van der Waals surface area contributed by atoms with Gasteiger partial charge in [-0.3, -0.25) is 9.48 Å². The number of para-hydroxylation sites is 1. The Morgan fingerprint density at radius 3 is 2.84 bits per heavy atom. The van der Waals surface area contributed by atoms with Gasteiger partial charge >= 0.3 is 0 Å². The number of rotatable bonds is 4. The van der Waals surface area contributed by atoms with Crippen LogP contribution in [0.25, 0.3) is 11.0 Å². The van der Waals surface area contributed by atoms with E-state index in [0.29, 0.717) is 12.8 Å². The molecule has 1 aliphatic rings. The third-order valence-corrected chi connectivity index (χ3v) is 5.02. The number of nitrogens with one attached hydrogen (secondary N) is 2. The quantitative estimate of drug-likeness (QED) is 0.767. The van der Waals surface area contributed by atoms with Gasteiger partial charge in [-0.1, -0.05) is 18.2 Å². The van der Waals surface area contributed by atoms with Crippen molar-refractivity contribution in [3.63, 3.8) is 0 Å². The summed E-state index contributed by atoms with van der Waals surface area (Å²) in [5, 5.41) is 11.9. The Labute approximate surface area is 146 Å². The van der Waals surface area contributed by atoms with E-state index < -0.39 is 5.54 Å². The Kier molecular flexibility index (Phi) is 4.05. The van der Waals surface area contributed by atoms with Gasteiger partial charge < -0.3 is 15.1 Å². The number of amides is 1. The normalized spacial score (nSPS) is 18.1. The summed E-state index contributed by atoms with van der Waals surface area (Å²) in [4.78, 5) is 13.2. The average molecular weight is 338 g/mol. The van der Waals surface area contributed by atoms with Crippen LogP contribution in [0.15, 0.2) is 53.2 Å². The number of carbonyl (C=O) groups is 1. The molecular formula is C19H22N4O2. The first kappa shape index (κ1) is 15.9. The van der Waals surface area contributed by atoms with Gasteiger partial charge in [0.2, 0.25) is 5.91 Å². The smallest absolute Gasteiger partial charge is 0.248 e. The predicted molar refractivity (Wildman–Crippen MR) is 95.1 cm³/mol. The summed E-state index contributed by atoms with van der Waals surface area (Å²) >= 11 is 0. The summed E-state index contributed by atoms with van der Waals surface area (Å²) in [6.45, 7) is 3.55. The third kappa shape index (κ3) is 2.82. The van der Waals surface area contributed by atoms with Gasteiger partial charge in [-0.25, -0.2) is 0 Å². The lowest BCUT2D eigenvalue weighted by Crippen LogP contribution is -2.54. The summed E-state index contributed by atoms with van der Waals surface area (Å²) in [5.74, 6) is 0.754. The summed E-state index contributed by atoms with van der Waals surface area (Å²) in [5.41, 5.74) is 0.192. The van der Waals surface area contributed by atoms with E-state index in [-0.39, 0.29) is 11.9 Å². The van der Waals surface area contributed by atoms with E-state index >= 15 is 0 Å². The first-order valence-corrected chi connectivity index (χ1v) is 8.69. The van der Waals surface area contributed by atoms with Crippen LogP contribution in [0.5, 0.6) is 0 Å². The zero-order valence-corrected chi connectivity index (χ0v) is 14.2. The van der Waals surface area contributed by atoms with Crippen molar-refractivity contribution in [3.8, 4) is 0 Å². The van der Waals surface area contributed by atoms with Crippen molar-refractivity contribution in [2.24, 2.45) is 0 Å². The SMILES string of the molecule is CC(NC(=O)C1(n2cccn2)CCNCC1)c1cc2ccccc2o1. The monoisotopic (exact) mass is 338 g/mol. The minimum Gasteiger partial charge on any atom is -0.459 e. The van der Waals surface area contributed by atoms with Crippen molar-refractivity contribution in [2.45, 2.75) is 31.3 Å². The maximum Gasteiger partial charge on any atom is 0.248 e. The fourth-order valence-electron chi connectivity index (χ4n) is 3.54. The molecule has 1 aliphatic heterocycles. The molecule has 0 bridgehead atoms. The summed E-state index contributed by atoms with van der Waals surface area (Å²) in [6, 6.07) is 11.5. The van der Waals surface area contributed by atoms with Gasteiger partial charge in [0.25, 0.3) is 0 Å². The molecule has 0 radical (unpaired) electrons. The number of aromatic nitrogens is 2. The summed E-state index contributed by atoms with van der Waals surface area (Å²) in [7, 11) is 0. The van der Waals surface area contributed by atoms with Gasteiger partial charge in [0, 0.05) is 17.8 Å². The topological polar surface area (TPSA) is 72.1 Å². The second-order valence-electron chi connectivity index (χ2n) is 6.61. The molecule has 1 unspecified atom stereocenters. The molecule has 25 heavy (non-hydrogen) atoms. The van der Waals surface area contributed by atoms with Crippen LogP contribution in [0.2, 0.25) is 0 Å². The predicted octanol–water partition coefficient (Wildman–Crippen LogP) is 2.59. The number of nitrogens with zero attached hydrogens (tertiary/aromatic N) is 2. The van der Waals surface area contributed by atoms with Crippen molar-refractivity contribution >= 4 is 16.9 Å². The third-order valence-electron chi connectivity index (χ3n) is 5.02. The molecule has 4 rings (SSSR count). The maximum atomic E-state index is 13.2. The number of fused-ring (bicyclic) bond motifs is 1. The highest BCUT2D eigenvalue weighted by atomic mass is 16.3. The molecule has 6 nitrogen and oxygen atoms in total. The molecule has 6 heteroatoms. The standard InChI is InChI=1S/C19H22N4O2/c1-14(17-13-15-5-2-3-6-16(15)25-17)22-18(24)19(7-10-20-11-8-19)23-12-4-9-21-23/h2-6,9,12-14,20H,7-8,10-11H2,1H3,(H,22,24). The maximum absolute atomic E-state index is 13.2. The number of hydrogen-bond donors (Lipinski definition) is 2. The van der Waals surface area contributed by atoms with Crippen LogP contribution < -0.4 is 10.6 Å². The van der Waals surface area contributed by atoms with Gasteiger partial charge in [0.15, 0.2) is 0 Å². The number of furan rings is 1. The fraction of sp³-hybridized carbons (Fsp3) is 0.368. The minimum absolute atomic E-state index is 0.00865. The summed E-state index contributed by atoms with van der Waals surface area (Å²) in [6.07, 6.45) is 5.03. The molecule has 2 aromatic heterocycles. The van der Waals surface area contributed by atoms with Gasteiger partial charge in [-0.15, -0.1) is 0 Å². The van der Waals surface area contributed by atoms with Crippen LogP contribution in [-0.4, -0.2) is 28.8 Å². The van der Waals surface area contributed by atoms with Crippen LogP contribution in [0, 0.1) is 0 Å². The molecule has 1 saturated heterocycles. The van der Waals surface area contributed by atoms with E-state index in [0.717, 1.165) is 29.8 Å². The van der Waals surface area contributed by atoms with Crippen molar-refractivity contribution < 1.29 is 9.21 Å². The minimum atomic E-state index is -0.644. The van der Waals surface area contributed by atoms with Gasteiger partial charge in [-0.05, 0) is 51.1 Å². The molecule has 0 aliphatic carbocycles. The highest BCUT2D eigenvalue weighted by molar-refractivity contribution is 5.85. The van der Waals surface area contributed by atoms with Crippen molar-refractivity contribution in [1.82, 2.24) is 20.4 Å². The van der Waals surface area contributed by atoms with Crippen LogP contribution in [-0.2, 0) is 10.3 Å². The molecule has 130 valence electrons. The van der Waals surface area contributed by atoms with E-state index in [4.69, 9.17) is 4.42 Å². The Bertz CT molecular complexity index is 830. The van der Waals surface area contributed by atoms with Crippen molar-refractivity contribution in [2.75, 3.05) is 13.1 Å². The number of hydrogen-bond acceptors (Lipinski definition) is 4. The fourth-order valence-corrected chi connectivity index (χ4v) is 3.54. The second kappa shape index (κ2) is 6.37. The molecule has 0 spiro atoms. The second-order valence-corrected chi connectivity index (χ2v) is 6.61. The molecule has 1 aromatic carbocycles. The molecule has 1 amide bonds. The molecule has 2 N–H and O–H groups in total. The van der Waals surface area contributed by atoms with Gasteiger partial charge in [0.1, 0.15) is 16.9 Å². The van der Waals surface area contributed by atoms with Gasteiger partial charge in [-0.2, -0.15) is 5.10 Å². The Hall–Kier alpha value is -2.60. The Morgan fingerprint density at radius 2 is 2.12 bits per heavy atom. The van der Waals surface area contributed by atoms with E-state index in [1.807, 2.05) is 49.5 Å². The van der Waals surface area contributed by atoms with Crippen LogP contribution >= 0.6 is 0 Å². The Balaban J connectivity index is 1.58. The first-order valence-electron chi connectivity index (χ1n) is 8.69. The van der Waals surface area contributed by atoms with Crippen LogP contribution in [0.3, 0.4) is 0 Å². The summed E-state index contributed by atoms with van der Waals surface area (Å²) < 4.78 is 7.69. The van der Waals surface area contributed by atoms with E-state index in [1.54, 1.807) is 10.9 Å². The van der Waals surface area contributed by atoms with Crippen molar-refractivity contribution in [1.29, 1.82) is 0 Å². The highest BCUT2D eigenvalue weighted by Crippen LogP contribution is 2.29. The molecule has 3 heterocycles. The first-order chi connectivity index (χ1) is 12.2. The molecular weight excluding hydrogens is 316 g/mol. The molecule has 3 aromatic rings. The van der Waals surface area contributed by atoms with Crippen LogP contribution in [0.4, 0.5) is 0 Å². The largest absolute Gasteiger partial charge is 0.459 e. The lowest BCUT2D eigenvalue weighted by Gasteiger charge is -2.37. The lowest BCUT2D eigenvalue weighted by molar-refractivity contribution is -0.132. The number of benzene rings is 1. The van der Waals surface area contributed by atoms with Crippen molar-refractivity contribution in [3.05, 3.63) is 54.6 Å². The molecule has 1 atom stereocenters. The molecule has 0 saturated carbocycles. The Morgan fingerprint density at radius 1 is 1.32 bits per heavy atom. The lowest BCUT2D eigenvalue weighted by atomic mass is 9.87. The van der Waals surface area contributed by atoms with E-state index in [2.05, 4.69) is 15.7 Å². The highest BCUT2D eigenvalue weighted by Gasteiger charge is 2.42. The van der Waals surface area contributed by atoms with E-state index in [9.17, 15) is 4.79 Å². The molecule has 1 fully saturated rings. The van der Waals surface area contributed by atoms with Gasteiger partial charge in [0.05, 0.1) is 6.04 Å².